The van der Waals surface area contributed by atoms with Gasteiger partial charge in [0, 0.05) is 17.1 Å². The van der Waals surface area contributed by atoms with Gasteiger partial charge in [0.1, 0.15) is 0 Å². The first kappa shape index (κ1) is 9.63. The van der Waals surface area contributed by atoms with Crippen molar-refractivity contribution in [2.24, 2.45) is 5.73 Å². The Morgan fingerprint density at radius 2 is 2.12 bits per heavy atom. The SMILES string of the molecule is N[C@@H](c1ccsc1)c1cccc2[nH]ccc12. The van der Waals surface area contributed by atoms with E-state index in [0.29, 0.717) is 0 Å². The fourth-order valence-corrected chi connectivity index (χ4v) is 2.71. The van der Waals surface area contributed by atoms with Crippen molar-refractivity contribution in [3.8, 4) is 0 Å². The molecule has 16 heavy (non-hydrogen) atoms. The maximum Gasteiger partial charge on any atom is 0.0566 e. The molecule has 0 aliphatic heterocycles. The topological polar surface area (TPSA) is 41.8 Å². The van der Waals surface area contributed by atoms with Crippen LogP contribution in [0, 0.1) is 0 Å². The Labute approximate surface area is 97.7 Å². The summed E-state index contributed by atoms with van der Waals surface area (Å²) < 4.78 is 0. The summed E-state index contributed by atoms with van der Waals surface area (Å²) in [7, 11) is 0. The lowest BCUT2D eigenvalue weighted by atomic mass is 9.99. The Bertz CT molecular complexity index is 595. The fraction of sp³-hybridized carbons (Fsp3) is 0.0769. The van der Waals surface area contributed by atoms with Crippen LogP contribution in [0.3, 0.4) is 0 Å². The minimum atomic E-state index is -0.0363. The molecule has 2 nitrogen and oxygen atoms in total. The average Bonchev–Trinajstić information content (AvgIpc) is 2.98. The molecule has 2 aromatic heterocycles. The summed E-state index contributed by atoms with van der Waals surface area (Å²) >= 11 is 1.68. The van der Waals surface area contributed by atoms with Crippen LogP contribution in [0.25, 0.3) is 10.9 Å². The fourth-order valence-electron chi connectivity index (χ4n) is 2.01. The quantitative estimate of drug-likeness (QED) is 0.694. The van der Waals surface area contributed by atoms with Crippen molar-refractivity contribution in [2.45, 2.75) is 6.04 Å². The molecule has 0 aliphatic rings. The van der Waals surface area contributed by atoms with E-state index in [0.717, 1.165) is 5.52 Å². The molecule has 1 aromatic carbocycles. The average molecular weight is 228 g/mol. The number of hydrogen-bond donors (Lipinski definition) is 2. The lowest BCUT2D eigenvalue weighted by Gasteiger charge is -2.11. The second-order valence-electron chi connectivity index (χ2n) is 3.82. The monoisotopic (exact) mass is 228 g/mol. The summed E-state index contributed by atoms with van der Waals surface area (Å²) in [6.07, 6.45) is 1.95. The molecule has 0 amide bonds. The van der Waals surface area contributed by atoms with Gasteiger partial charge >= 0.3 is 0 Å². The third kappa shape index (κ3) is 1.45. The largest absolute Gasteiger partial charge is 0.361 e. The Hall–Kier alpha value is -1.58. The Balaban J connectivity index is 2.15. The number of aromatic amines is 1. The number of H-pyrrole nitrogens is 1. The summed E-state index contributed by atoms with van der Waals surface area (Å²) in [6, 6.07) is 10.3. The summed E-state index contributed by atoms with van der Waals surface area (Å²) in [5.74, 6) is 0. The predicted molar refractivity (Wildman–Crippen MR) is 68.6 cm³/mol. The van der Waals surface area contributed by atoms with Crippen LogP contribution in [0.2, 0.25) is 0 Å². The molecule has 3 N–H and O–H groups in total. The van der Waals surface area contributed by atoms with Crippen LogP contribution >= 0.6 is 11.3 Å². The van der Waals surface area contributed by atoms with Gasteiger partial charge in [-0.2, -0.15) is 11.3 Å². The van der Waals surface area contributed by atoms with Crippen LogP contribution in [0.5, 0.6) is 0 Å². The standard InChI is InChI=1S/C13H12N2S/c14-13(9-5-7-16-8-9)11-2-1-3-12-10(11)4-6-15-12/h1-8,13,15H,14H2/t13-/m0/s1. The molecule has 0 bridgehead atoms. The maximum absolute atomic E-state index is 6.28. The molecule has 1 atom stereocenters. The zero-order chi connectivity index (χ0) is 11.0. The number of benzene rings is 1. The van der Waals surface area contributed by atoms with E-state index in [1.54, 1.807) is 11.3 Å². The van der Waals surface area contributed by atoms with Crippen LogP contribution in [0.1, 0.15) is 17.2 Å². The van der Waals surface area contributed by atoms with E-state index in [1.165, 1.54) is 16.5 Å². The van der Waals surface area contributed by atoms with E-state index in [2.05, 4.69) is 40.0 Å². The van der Waals surface area contributed by atoms with Crippen molar-refractivity contribution < 1.29 is 0 Å². The molecule has 3 aromatic rings. The Kier molecular flexibility index (Phi) is 2.27. The molecule has 2 heterocycles. The third-order valence-corrected chi connectivity index (χ3v) is 3.57. The molecule has 0 saturated heterocycles. The highest BCUT2D eigenvalue weighted by Crippen LogP contribution is 2.27. The zero-order valence-corrected chi connectivity index (χ0v) is 9.50. The minimum absolute atomic E-state index is 0.0363. The van der Waals surface area contributed by atoms with E-state index >= 15 is 0 Å². The minimum Gasteiger partial charge on any atom is -0.361 e. The lowest BCUT2D eigenvalue weighted by molar-refractivity contribution is 0.886. The van der Waals surface area contributed by atoms with Crippen molar-refractivity contribution in [2.75, 3.05) is 0 Å². The first-order chi connectivity index (χ1) is 7.86. The molecule has 0 saturated carbocycles. The van der Waals surface area contributed by atoms with Gasteiger partial charge in [-0.05, 0) is 40.1 Å². The Morgan fingerprint density at radius 3 is 2.94 bits per heavy atom. The van der Waals surface area contributed by atoms with Crippen molar-refractivity contribution in [1.29, 1.82) is 0 Å². The van der Waals surface area contributed by atoms with Crippen LogP contribution < -0.4 is 5.73 Å². The normalized spacial score (nSPS) is 13.1. The van der Waals surface area contributed by atoms with Crippen molar-refractivity contribution in [3.05, 3.63) is 58.4 Å². The molecule has 3 rings (SSSR count). The number of thiophene rings is 1. The number of nitrogens with two attached hydrogens (primary N) is 1. The molecule has 0 fully saturated rings. The maximum atomic E-state index is 6.28. The second kappa shape index (κ2) is 3.77. The predicted octanol–water partition coefficient (Wildman–Crippen LogP) is 3.28. The highest BCUT2D eigenvalue weighted by atomic mass is 32.1. The van der Waals surface area contributed by atoms with Crippen molar-refractivity contribution in [3.63, 3.8) is 0 Å². The van der Waals surface area contributed by atoms with Gasteiger partial charge in [0.2, 0.25) is 0 Å². The first-order valence-corrected chi connectivity index (χ1v) is 6.14. The number of fused-ring (bicyclic) bond motifs is 1. The van der Waals surface area contributed by atoms with Gasteiger partial charge in [-0.3, -0.25) is 0 Å². The van der Waals surface area contributed by atoms with Crippen LogP contribution in [0.4, 0.5) is 0 Å². The van der Waals surface area contributed by atoms with Gasteiger partial charge in [-0.15, -0.1) is 0 Å². The molecular weight excluding hydrogens is 216 g/mol. The van der Waals surface area contributed by atoms with Gasteiger partial charge in [-0.25, -0.2) is 0 Å². The number of rotatable bonds is 2. The van der Waals surface area contributed by atoms with Crippen molar-refractivity contribution >= 4 is 22.2 Å². The van der Waals surface area contributed by atoms with E-state index < -0.39 is 0 Å². The van der Waals surface area contributed by atoms with E-state index in [4.69, 9.17) is 5.73 Å². The van der Waals surface area contributed by atoms with Crippen LogP contribution in [-0.4, -0.2) is 4.98 Å². The second-order valence-corrected chi connectivity index (χ2v) is 4.60. The summed E-state index contributed by atoms with van der Waals surface area (Å²) in [5, 5.41) is 5.38. The molecule has 0 spiro atoms. The zero-order valence-electron chi connectivity index (χ0n) is 8.68. The molecule has 0 unspecified atom stereocenters. The molecule has 0 radical (unpaired) electrons. The highest BCUT2D eigenvalue weighted by molar-refractivity contribution is 7.08. The van der Waals surface area contributed by atoms with Gasteiger partial charge in [0.15, 0.2) is 0 Å². The van der Waals surface area contributed by atoms with E-state index in [9.17, 15) is 0 Å². The third-order valence-electron chi connectivity index (χ3n) is 2.87. The van der Waals surface area contributed by atoms with Gasteiger partial charge in [0.25, 0.3) is 0 Å². The molecule has 80 valence electrons. The lowest BCUT2D eigenvalue weighted by Crippen LogP contribution is -2.10. The number of nitrogens with one attached hydrogen (secondary N) is 1. The number of aromatic nitrogens is 1. The first-order valence-electron chi connectivity index (χ1n) is 5.20. The summed E-state index contributed by atoms with van der Waals surface area (Å²) in [5.41, 5.74) is 9.78. The summed E-state index contributed by atoms with van der Waals surface area (Å²) in [4.78, 5) is 3.21. The number of hydrogen-bond acceptors (Lipinski definition) is 2. The Morgan fingerprint density at radius 1 is 1.19 bits per heavy atom. The van der Waals surface area contributed by atoms with E-state index in [-0.39, 0.29) is 6.04 Å². The summed E-state index contributed by atoms with van der Waals surface area (Å²) in [6.45, 7) is 0. The van der Waals surface area contributed by atoms with Crippen molar-refractivity contribution in [1.82, 2.24) is 4.98 Å². The van der Waals surface area contributed by atoms with Crippen LogP contribution in [0.15, 0.2) is 47.3 Å². The molecule has 0 aliphatic carbocycles. The molecular formula is C13H12N2S. The smallest absolute Gasteiger partial charge is 0.0566 e. The molecule has 3 heteroatoms. The van der Waals surface area contributed by atoms with Gasteiger partial charge < -0.3 is 10.7 Å². The highest BCUT2D eigenvalue weighted by Gasteiger charge is 2.12. The van der Waals surface area contributed by atoms with Crippen LogP contribution in [-0.2, 0) is 0 Å². The van der Waals surface area contributed by atoms with E-state index in [1.807, 2.05) is 12.3 Å². The van der Waals surface area contributed by atoms with Gasteiger partial charge in [0.05, 0.1) is 6.04 Å². The van der Waals surface area contributed by atoms with Gasteiger partial charge in [-0.1, -0.05) is 12.1 Å².